The van der Waals surface area contributed by atoms with Gasteiger partial charge < -0.3 is 5.32 Å². The molecule has 0 spiro atoms. The molecule has 0 bridgehead atoms. The average molecular weight is 264 g/mol. The highest BCUT2D eigenvalue weighted by Gasteiger charge is 2.22. The molecule has 0 atom stereocenters. The van der Waals surface area contributed by atoms with E-state index in [0.29, 0.717) is 17.9 Å². The van der Waals surface area contributed by atoms with Crippen LogP contribution in [-0.2, 0) is 10.0 Å². The van der Waals surface area contributed by atoms with Gasteiger partial charge in [-0.05, 0) is 36.8 Å². The van der Waals surface area contributed by atoms with Crippen LogP contribution in [-0.4, -0.2) is 26.3 Å². The average Bonchev–Trinajstić information content (AvgIpc) is 2.39. The second-order valence-corrected chi connectivity index (χ2v) is 6.00. The zero-order valence-corrected chi connectivity index (χ0v) is 11.1. The molecule has 0 saturated heterocycles. The third-order valence-electron chi connectivity index (χ3n) is 2.88. The van der Waals surface area contributed by atoms with Crippen LogP contribution in [0.5, 0.6) is 0 Å². The van der Waals surface area contributed by atoms with Crippen molar-refractivity contribution in [3.63, 3.8) is 0 Å². The Morgan fingerprint density at radius 1 is 1.28 bits per heavy atom. The fourth-order valence-electron chi connectivity index (χ4n) is 1.73. The lowest BCUT2D eigenvalue weighted by Crippen LogP contribution is -2.29. The molecular formula is C13H16N2O2S. The van der Waals surface area contributed by atoms with Crippen LogP contribution in [0, 0.1) is 0 Å². The Bertz CT molecular complexity index is 574. The molecule has 1 N–H and O–H groups in total. The van der Waals surface area contributed by atoms with Crippen molar-refractivity contribution in [2.45, 2.75) is 11.3 Å². The molecule has 0 fully saturated rings. The predicted octanol–water partition coefficient (Wildman–Crippen LogP) is 2.19. The van der Waals surface area contributed by atoms with Crippen molar-refractivity contribution in [3.8, 4) is 0 Å². The van der Waals surface area contributed by atoms with E-state index in [0.717, 1.165) is 11.3 Å². The Morgan fingerprint density at radius 3 is 2.44 bits per heavy atom. The van der Waals surface area contributed by atoms with E-state index in [1.54, 1.807) is 43.6 Å². The Balaban J connectivity index is 2.30. The first kappa shape index (κ1) is 12.7. The molecule has 4 nitrogen and oxygen atoms in total. The van der Waals surface area contributed by atoms with Crippen molar-refractivity contribution in [3.05, 3.63) is 48.7 Å². The topological polar surface area (TPSA) is 49.4 Å². The largest absolute Gasteiger partial charge is 0.388 e. The van der Waals surface area contributed by atoms with E-state index in [2.05, 4.69) is 11.9 Å². The van der Waals surface area contributed by atoms with E-state index in [1.807, 2.05) is 0 Å². The van der Waals surface area contributed by atoms with Crippen molar-refractivity contribution in [2.24, 2.45) is 0 Å². The molecule has 1 aliphatic heterocycles. The van der Waals surface area contributed by atoms with Gasteiger partial charge in [-0.25, -0.2) is 8.42 Å². The summed E-state index contributed by atoms with van der Waals surface area (Å²) >= 11 is 0. The zero-order valence-electron chi connectivity index (χ0n) is 10.3. The number of hydrogen-bond donors (Lipinski definition) is 1. The molecule has 2 rings (SSSR count). The van der Waals surface area contributed by atoms with Gasteiger partial charge in [-0.1, -0.05) is 12.2 Å². The summed E-state index contributed by atoms with van der Waals surface area (Å²) in [4.78, 5) is 0.304. The van der Waals surface area contributed by atoms with Crippen LogP contribution >= 0.6 is 0 Å². The van der Waals surface area contributed by atoms with Gasteiger partial charge in [-0.15, -0.1) is 0 Å². The van der Waals surface area contributed by atoms with Gasteiger partial charge in [0, 0.05) is 25.5 Å². The summed E-state index contributed by atoms with van der Waals surface area (Å²) in [6.07, 6.45) is 3.99. The summed E-state index contributed by atoms with van der Waals surface area (Å²) in [6.45, 7) is 4.26. The highest BCUT2D eigenvalue weighted by atomic mass is 32.2. The SMILES string of the molecule is C=C1C=CN(S(=O)(=O)c2ccc(NC)cc2)CC1. The summed E-state index contributed by atoms with van der Waals surface area (Å²) in [6, 6.07) is 6.72. The monoisotopic (exact) mass is 264 g/mol. The molecule has 1 aromatic rings. The lowest BCUT2D eigenvalue weighted by atomic mass is 10.2. The maximum Gasteiger partial charge on any atom is 0.263 e. The van der Waals surface area contributed by atoms with E-state index in [4.69, 9.17) is 0 Å². The summed E-state index contributed by atoms with van der Waals surface area (Å²) in [5.74, 6) is 0. The minimum Gasteiger partial charge on any atom is -0.388 e. The van der Waals surface area contributed by atoms with Gasteiger partial charge in [0.15, 0.2) is 0 Å². The van der Waals surface area contributed by atoms with E-state index in [-0.39, 0.29) is 0 Å². The number of benzene rings is 1. The van der Waals surface area contributed by atoms with Gasteiger partial charge in [0.25, 0.3) is 10.0 Å². The third kappa shape index (κ3) is 2.41. The first-order valence-corrected chi connectivity index (χ1v) is 7.14. The fourth-order valence-corrected chi connectivity index (χ4v) is 3.03. The van der Waals surface area contributed by atoms with E-state index >= 15 is 0 Å². The number of hydrogen-bond acceptors (Lipinski definition) is 3. The highest BCUT2D eigenvalue weighted by molar-refractivity contribution is 7.89. The molecule has 0 aliphatic carbocycles. The van der Waals surface area contributed by atoms with Crippen LogP contribution in [0.2, 0.25) is 0 Å². The van der Waals surface area contributed by atoms with Crippen LogP contribution in [0.25, 0.3) is 0 Å². The molecule has 0 aromatic heterocycles. The predicted molar refractivity (Wildman–Crippen MR) is 72.8 cm³/mol. The van der Waals surface area contributed by atoms with E-state index in [9.17, 15) is 8.42 Å². The molecule has 1 aliphatic rings. The lowest BCUT2D eigenvalue weighted by Gasteiger charge is -2.24. The Morgan fingerprint density at radius 2 is 1.94 bits per heavy atom. The Labute approximate surface area is 108 Å². The molecule has 18 heavy (non-hydrogen) atoms. The minimum absolute atomic E-state index is 0.304. The quantitative estimate of drug-likeness (QED) is 0.910. The number of nitrogens with zero attached hydrogens (tertiary/aromatic N) is 1. The molecule has 5 heteroatoms. The summed E-state index contributed by atoms with van der Waals surface area (Å²) < 4.78 is 26.0. The number of anilines is 1. The maximum absolute atomic E-state index is 12.3. The first-order valence-electron chi connectivity index (χ1n) is 5.69. The number of sulfonamides is 1. The molecule has 1 heterocycles. The molecule has 0 amide bonds. The minimum atomic E-state index is -3.43. The fraction of sp³-hybridized carbons (Fsp3) is 0.231. The summed E-state index contributed by atoms with van der Waals surface area (Å²) in [5, 5.41) is 2.96. The number of allylic oxidation sites excluding steroid dienone is 1. The highest BCUT2D eigenvalue weighted by Crippen LogP contribution is 2.22. The molecule has 0 unspecified atom stereocenters. The van der Waals surface area contributed by atoms with Crippen molar-refractivity contribution >= 4 is 15.7 Å². The van der Waals surface area contributed by atoms with Gasteiger partial charge in [0.05, 0.1) is 4.90 Å². The van der Waals surface area contributed by atoms with Crippen molar-refractivity contribution in [2.75, 3.05) is 18.9 Å². The van der Waals surface area contributed by atoms with Crippen molar-refractivity contribution < 1.29 is 8.42 Å². The van der Waals surface area contributed by atoms with Crippen LogP contribution < -0.4 is 5.32 Å². The van der Waals surface area contributed by atoms with Gasteiger partial charge in [-0.3, -0.25) is 4.31 Å². The van der Waals surface area contributed by atoms with Crippen LogP contribution in [0.1, 0.15) is 6.42 Å². The van der Waals surface area contributed by atoms with Crippen LogP contribution in [0.4, 0.5) is 5.69 Å². The van der Waals surface area contributed by atoms with Gasteiger partial charge in [-0.2, -0.15) is 0 Å². The van der Waals surface area contributed by atoms with Gasteiger partial charge in [0.1, 0.15) is 0 Å². The number of nitrogens with one attached hydrogen (secondary N) is 1. The maximum atomic E-state index is 12.3. The molecule has 96 valence electrons. The smallest absolute Gasteiger partial charge is 0.263 e. The summed E-state index contributed by atoms with van der Waals surface area (Å²) in [5.41, 5.74) is 1.84. The molecule has 1 aromatic carbocycles. The van der Waals surface area contributed by atoms with Crippen molar-refractivity contribution in [1.82, 2.24) is 4.31 Å². The molecule has 0 saturated carbocycles. The standard InChI is InChI=1S/C13H16N2O2S/c1-11-7-9-15(10-8-11)18(16,17)13-5-3-12(14-2)4-6-13/h3-7,9,14H,1,8,10H2,2H3. The third-order valence-corrected chi connectivity index (χ3v) is 4.67. The summed E-state index contributed by atoms with van der Waals surface area (Å²) in [7, 11) is -1.64. The van der Waals surface area contributed by atoms with Crippen molar-refractivity contribution in [1.29, 1.82) is 0 Å². The number of rotatable bonds is 3. The van der Waals surface area contributed by atoms with Gasteiger partial charge >= 0.3 is 0 Å². The normalized spacial score (nSPS) is 15.8. The van der Waals surface area contributed by atoms with E-state index in [1.165, 1.54) is 4.31 Å². The molecular weight excluding hydrogens is 248 g/mol. The van der Waals surface area contributed by atoms with Crippen LogP contribution in [0.3, 0.4) is 0 Å². The first-order chi connectivity index (χ1) is 8.54. The lowest BCUT2D eigenvalue weighted by molar-refractivity contribution is 0.493. The second kappa shape index (κ2) is 4.86. The van der Waals surface area contributed by atoms with Crippen LogP contribution in [0.15, 0.2) is 53.6 Å². The zero-order chi connectivity index (χ0) is 13.2. The Kier molecular flexibility index (Phi) is 3.43. The molecule has 0 radical (unpaired) electrons. The second-order valence-electron chi connectivity index (χ2n) is 4.11. The Hall–Kier alpha value is -1.75. The van der Waals surface area contributed by atoms with Gasteiger partial charge in [0.2, 0.25) is 0 Å². The van der Waals surface area contributed by atoms with E-state index < -0.39 is 10.0 Å².